The smallest absolute Gasteiger partial charge is 0.164 e. The van der Waals surface area contributed by atoms with Crippen molar-refractivity contribution in [3.8, 4) is 11.5 Å². The zero-order valence-corrected chi connectivity index (χ0v) is 15.0. The zero-order chi connectivity index (χ0) is 16.6. The quantitative estimate of drug-likeness (QED) is 0.819. The second-order valence-electron chi connectivity index (χ2n) is 5.46. The Morgan fingerprint density at radius 1 is 1.30 bits per heavy atom. The summed E-state index contributed by atoms with van der Waals surface area (Å²) in [7, 11) is 0.158. The molecular formula is C15H20N2O4S2. The zero-order valence-electron chi connectivity index (χ0n) is 13.4. The van der Waals surface area contributed by atoms with Gasteiger partial charge in [-0.05, 0) is 17.9 Å². The van der Waals surface area contributed by atoms with Gasteiger partial charge in [-0.15, -0.1) is 0 Å². The van der Waals surface area contributed by atoms with Gasteiger partial charge in [-0.2, -0.15) is 0 Å². The number of aliphatic imine (C=N–C) groups is 1. The largest absolute Gasteiger partial charge is 0.497 e. The summed E-state index contributed by atoms with van der Waals surface area (Å²) in [6.45, 7) is 2.06. The molecule has 1 aromatic rings. The average molecular weight is 356 g/mol. The fourth-order valence-electron chi connectivity index (χ4n) is 3.03. The van der Waals surface area contributed by atoms with Crippen LogP contribution in [0.5, 0.6) is 11.5 Å². The van der Waals surface area contributed by atoms with Crippen LogP contribution in [0.4, 0.5) is 5.69 Å². The van der Waals surface area contributed by atoms with E-state index in [9.17, 15) is 8.42 Å². The molecule has 0 saturated carbocycles. The van der Waals surface area contributed by atoms with E-state index < -0.39 is 9.84 Å². The molecule has 1 saturated heterocycles. The van der Waals surface area contributed by atoms with Gasteiger partial charge >= 0.3 is 0 Å². The minimum Gasteiger partial charge on any atom is -0.497 e. The van der Waals surface area contributed by atoms with Gasteiger partial charge in [0.15, 0.2) is 15.0 Å². The van der Waals surface area contributed by atoms with Gasteiger partial charge in [0, 0.05) is 6.07 Å². The second kappa shape index (κ2) is 6.24. The molecule has 0 aliphatic carbocycles. The standard InChI is InChI=1S/C15H20N2O4S2/c1-4-22-15-16-11-8-23(18,19)9-13(11)17(15)12-6-5-10(20-2)7-14(12)21-3/h5-7,11,13H,4,8-9H2,1-3H3. The van der Waals surface area contributed by atoms with Crippen molar-refractivity contribution in [2.45, 2.75) is 19.0 Å². The molecular weight excluding hydrogens is 336 g/mol. The summed E-state index contributed by atoms with van der Waals surface area (Å²) >= 11 is 1.62. The van der Waals surface area contributed by atoms with Crippen LogP contribution >= 0.6 is 11.8 Å². The predicted octanol–water partition coefficient (Wildman–Crippen LogP) is 1.80. The minimum absolute atomic E-state index is 0.125. The molecule has 2 aliphatic heterocycles. The molecule has 1 aromatic carbocycles. The number of fused-ring (bicyclic) bond motifs is 1. The Bertz CT molecular complexity index is 733. The summed E-state index contributed by atoms with van der Waals surface area (Å²) in [5.41, 5.74) is 0.831. The number of rotatable bonds is 4. The van der Waals surface area contributed by atoms with Gasteiger partial charge in [-0.25, -0.2) is 8.42 Å². The first-order valence-electron chi connectivity index (χ1n) is 7.41. The van der Waals surface area contributed by atoms with Crippen LogP contribution in [0.25, 0.3) is 0 Å². The van der Waals surface area contributed by atoms with Crippen LogP contribution in [-0.4, -0.2) is 57.1 Å². The molecule has 8 heteroatoms. The number of sulfone groups is 1. The second-order valence-corrected chi connectivity index (χ2v) is 8.85. The van der Waals surface area contributed by atoms with E-state index in [0.29, 0.717) is 11.5 Å². The van der Waals surface area contributed by atoms with Gasteiger partial charge < -0.3 is 14.4 Å². The fraction of sp³-hybridized carbons (Fsp3) is 0.533. The van der Waals surface area contributed by atoms with Crippen LogP contribution in [0.2, 0.25) is 0 Å². The van der Waals surface area contributed by atoms with E-state index in [-0.39, 0.29) is 23.6 Å². The van der Waals surface area contributed by atoms with Crippen molar-refractivity contribution in [3.63, 3.8) is 0 Å². The number of benzene rings is 1. The Hall–Kier alpha value is -1.41. The van der Waals surface area contributed by atoms with E-state index >= 15 is 0 Å². The molecule has 23 heavy (non-hydrogen) atoms. The lowest BCUT2D eigenvalue weighted by Gasteiger charge is -2.28. The number of hydrogen-bond acceptors (Lipinski definition) is 7. The Labute approximate surface area is 140 Å². The van der Waals surface area contributed by atoms with E-state index in [2.05, 4.69) is 11.9 Å². The molecule has 2 heterocycles. The molecule has 2 atom stereocenters. The van der Waals surface area contributed by atoms with Crippen LogP contribution in [0.15, 0.2) is 23.2 Å². The maximum absolute atomic E-state index is 12.0. The summed E-state index contributed by atoms with van der Waals surface area (Å²) in [6.07, 6.45) is 0. The number of amidine groups is 1. The molecule has 0 amide bonds. The number of hydrogen-bond donors (Lipinski definition) is 0. The van der Waals surface area contributed by atoms with Crippen LogP contribution in [-0.2, 0) is 9.84 Å². The van der Waals surface area contributed by atoms with Crippen molar-refractivity contribution < 1.29 is 17.9 Å². The average Bonchev–Trinajstić information content (AvgIpc) is 2.98. The molecule has 126 valence electrons. The molecule has 2 aliphatic rings. The summed E-state index contributed by atoms with van der Waals surface area (Å²) in [6, 6.07) is 5.21. The van der Waals surface area contributed by atoms with E-state index in [1.807, 2.05) is 17.0 Å². The summed E-state index contributed by atoms with van der Waals surface area (Å²) in [5, 5.41) is 0.862. The first kappa shape index (κ1) is 16.4. The summed E-state index contributed by atoms with van der Waals surface area (Å²) < 4.78 is 34.7. The van der Waals surface area contributed by atoms with Crippen LogP contribution in [0.1, 0.15) is 6.92 Å². The van der Waals surface area contributed by atoms with E-state index in [1.54, 1.807) is 32.0 Å². The molecule has 0 N–H and O–H groups in total. The van der Waals surface area contributed by atoms with Crippen LogP contribution < -0.4 is 14.4 Å². The lowest BCUT2D eigenvalue weighted by atomic mass is 10.1. The Balaban J connectivity index is 2.04. The van der Waals surface area contributed by atoms with E-state index in [0.717, 1.165) is 16.6 Å². The first-order chi connectivity index (χ1) is 11.0. The van der Waals surface area contributed by atoms with Gasteiger partial charge in [0.25, 0.3) is 0 Å². The number of thioether (sulfide) groups is 1. The highest BCUT2D eigenvalue weighted by Gasteiger charge is 2.47. The molecule has 6 nitrogen and oxygen atoms in total. The monoisotopic (exact) mass is 356 g/mol. The van der Waals surface area contributed by atoms with Crippen molar-refractivity contribution in [1.29, 1.82) is 0 Å². The van der Waals surface area contributed by atoms with Crippen molar-refractivity contribution in [2.75, 3.05) is 36.4 Å². The third-order valence-electron chi connectivity index (χ3n) is 4.03. The maximum atomic E-state index is 12.0. The topological polar surface area (TPSA) is 68.2 Å². The fourth-order valence-corrected chi connectivity index (χ4v) is 5.71. The molecule has 3 rings (SSSR count). The Kier molecular flexibility index (Phi) is 4.46. The van der Waals surface area contributed by atoms with Gasteiger partial charge in [0.1, 0.15) is 11.5 Å². The van der Waals surface area contributed by atoms with Crippen LogP contribution in [0.3, 0.4) is 0 Å². The molecule has 0 spiro atoms. The molecule has 0 bridgehead atoms. The third-order valence-corrected chi connectivity index (χ3v) is 6.58. The number of nitrogens with zero attached hydrogens (tertiary/aromatic N) is 2. The highest BCUT2D eigenvalue weighted by molar-refractivity contribution is 8.14. The Morgan fingerprint density at radius 3 is 2.74 bits per heavy atom. The summed E-state index contributed by atoms with van der Waals surface area (Å²) in [5.74, 6) is 2.48. The van der Waals surface area contributed by atoms with Crippen molar-refractivity contribution in [2.24, 2.45) is 4.99 Å². The SMILES string of the molecule is CCSC1=NC2CS(=O)(=O)CC2N1c1ccc(OC)cc1OC. The maximum Gasteiger partial charge on any atom is 0.164 e. The van der Waals surface area contributed by atoms with Crippen molar-refractivity contribution in [1.82, 2.24) is 0 Å². The summed E-state index contributed by atoms with van der Waals surface area (Å²) in [4.78, 5) is 6.67. The molecule has 0 aromatic heterocycles. The van der Waals surface area contributed by atoms with Crippen molar-refractivity contribution >= 4 is 32.5 Å². The molecule has 2 unspecified atom stereocenters. The molecule has 1 fully saturated rings. The third kappa shape index (κ3) is 3.01. The lowest BCUT2D eigenvalue weighted by Crippen LogP contribution is -2.39. The number of ether oxygens (including phenoxy) is 2. The van der Waals surface area contributed by atoms with E-state index in [1.165, 1.54) is 0 Å². The number of anilines is 1. The first-order valence-corrected chi connectivity index (χ1v) is 10.2. The highest BCUT2D eigenvalue weighted by Crippen LogP contribution is 2.40. The van der Waals surface area contributed by atoms with Gasteiger partial charge in [0.2, 0.25) is 0 Å². The van der Waals surface area contributed by atoms with Gasteiger partial charge in [-0.1, -0.05) is 18.7 Å². The normalized spacial score (nSPS) is 25.2. The minimum atomic E-state index is -3.04. The van der Waals surface area contributed by atoms with Gasteiger partial charge in [-0.3, -0.25) is 4.99 Å². The number of methoxy groups -OCH3 is 2. The van der Waals surface area contributed by atoms with Crippen molar-refractivity contribution in [3.05, 3.63) is 18.2 Å². The lowest BCUT2D eigenvalue weighted by molar-refractivity contribution is 0.394. The predicted molar refractivity (Wildman–Crippen MR) is 93.8 cm³/mol. The highest BCUT2D eigenvalue weighted by atomic mass is 32.2. The van der Waals surface area contributed by atoms with Gasteiger partial charge in [0.05, 0.1) is 43.5 Å². The van der Waals surface area contributed by atoms with E-state index in [4.69, 9.17) is 9.47 Å². The molecule has 0 radical (unpaired) electrons. The Morgan fingerprint density at radius 2 is 2.09 bits per heavy atom. The van der Waals surface area contributed by atoms with Crippen LogP contribution in [0, 0.1) is 0 Å².